The second kappa shape index (κ2) is 6.93. The van der Waals surface area contributed by atoms with Gasteiger partial charge in [-0.05, 0) is 6.07 Å². The van der Waals surface area contributed by atoms with E-state index in [1.807, 2.05) is 0 Å². The molecular weight excluding hydrogens is 388 g/mol. The predicted octanol–water partition coefficient (Wildman–Crippen LogP) is 1.20. The number of sulfonamides is 1. The molecule has 0 saturated carbocycles. The molecule has 1 aromatic carbocycles. The topological polar surface area (TPSA) is 84.9 Å². The summed E-state index contributed by atoms with van der Waals surface area (Å²) in [5.74, 6) is 0. The van der Waals surface area contributed by atoms with E-state index >= 15 is 0 Å². The lowest BCUT2D eigenvalue weighted by atomic mass is 10.2. The van der Waals surface area contributed by atoms with Crippen molar-refractivity contribution < 1.29 is 17.9 Å². The summed E-state index contributed by atoms with van der Waals surface area (Å²) in [6.07, 6.45) is 0. The Morgan fingerprint density at radius 2 is 1.60 bits per heavy atom. The third-order valence-corrected chi connectivity index (χ3v) is 7.26. The maximum atomic E-state index is 13.1. The van der Waals surface area contributed by atoms with Crippen molar-refractivity contribution in [3.8, 4) is 0 Å². The van der Waals surface area contributed by atoms with E-state index in [-0.39, 0.29) is 9.92 Å². The summed E-state index contributed by atoms with van der Waals surface area (Å²) in [6, 6.07) is 1.68. The van der Waals surface area contributed by atoms with Crippen LogP contribution in [0.3, 0.4) is 0 Å². The zero-order valence-corrected chi connectivity index (χ0v) is 15.7. The molecule has 0 bridgehead atoms. The molecule has 2 fully saturated rings. The predicted molar refractivity (Wildman–Crippen MR) is 95.0 cm³/mol. The molecule has 11 heteroatoms. The number of benzene rings is 1. The van der Waals surface area contributed by atoms with Crippen LogP contribution in [0.2, 0.25) is 5.02 Å². The fourth-order valence-electron chi connectivity index (χ4n) is 3.08. The van der Waals surface area contributed by atoms with Crippen LogP contribution >= 0.6 is 23.3 Å². The zero-order chi connectivity index (χ0) is 17.4. The van der Waals surface area contributed by atoms with Gasteiger partial charge in [0, 0.05) is 26.2 Å². The molecular formula is C14H17ClN4O4S2. The molecule has 0 atom stereocenters. The van der Waals surface area contributed by atoms with Gasteiger partial charge in [0.25, 0.3) is 0 Å². The second-order valence-electron chi connectivity index (χ2n) is 5.78. The van der Waals surface area contributed by atoms with Crippen molar-refractivity contribution in [3.05, 3.63) is 11.1 Å². The van der Waals surface area contributed by atoms with E-state index in [0.717, 1.165) is 17.4 Å². The van der Waals surface area contributed by atoms with E-state index in [2.05, 4.69) is 13.6 Å². The molecule has 0 N–H and O–H groups in total. The van der Waals surface area contributed by atoms with Crippen LogP contribution in [0.4, 0.5) is 5.69 Å². The first-order valence-electron chi connectivity index (χ1n) is 7.94. The highest BCUT2D eigenvalue weighted by molar-refractivity contribution is 7.89. The Hall–Kier alpha value is -1.04. The Balaban J connectivity index is 1.83. The number of halogens is 1. The summed E-state index contributed by atoms with van der Waals surface area (Å²) >= 11 is 7.42. The van der Waals surface area contributed by atoms with Crippen molar-refractivity contribution in [1.82, 2.24) is 13.1 Å². The highest BCUT2D eigenvalue weighted by Crippen LogP contribution is 2.38. The number of hydrogen-bond acceptors (Lipinski definition) is 8. The van der Waals surface area contributed by atoms with Gasteiger partial charge in [-0.2, -0.15) is 13.1 Å². The molecule has 0 unspecified atom stereocenters. The Morgan fingerprint density at radius 3 is 2.28 bits per heavy atom. The van der Waals surface area contributed by atoms with Crippen LogP contribution in [-0.2, 0) is 19.5 Å². The minimum absolute atomic E-state index is 0.0387. The van der Waals surface area contributed by atoms with Gasteiger partial charge < -0.3 is 14.4 Å². The van der Waals surface area contributed by atoms with E-state index in [1.165, 1.54) is 4.31 Å². The number of aromatic nitrogens is 2. The van der Waals surface area contributed by atoms with Crippen molar-refractivity contribution in [2.24, 2.45) is 0 Å². The van der Waals surface area contributed by atoms with Gasteiger partial charge in [0.15, 0.2) is 0 Å². The highest BCUT2D eigenvalue weighted by atomic mass is 35.5. The minimum Gasteiger partial charge on any atom is -0.379 e. The fraction of sp³-hybridized carbons (Fsp3) is 0.571. The first-order valence-corrected chi connectivity index (χ1v) is 10.5. The molecule has 2 aliphatic heterocycles. The smallest absolute Gasteiger partial charge is 0.246 e. The summed E-state index contributed by atoms with van der Waals surface area (Å²) in [5.41, 5.74) is 1.71. The van der Waals surface area contributed by atoms with Crippen molar-refractivity contribution in [3.63, 3.8) is 0 Å². The number of rotatable bonds is 3. The summed E-state index contributed by atoms with van der Waals surface area (Å²) in [6.45, 7) is 4.01. The van der Waals surface area contributed by atoms with Crippen LogP contribution in [0, 0.1) is 0 Å². The lowest BCUT2D eigenvalue weighted by Crippen LogP contribution is -2.41. The normalized spacial score (nSPS) is 20.3. The molecule has 2 aromatic rings. The molecule has 0 radical (unpaired) electrons. The van der Waals surface area contributed by atoms with Gasteiger partial charge in [-0.15, -0.1) is 0 Å². The molecule has 2 saturated heterocycles. The monoisotopic (exact) mass is 404 g/mol. The molecule has 4 rings (SSSR count). The van der Waals surface area contributed by atoms with Crippen LogP contribution in [-0.4, -0.2) is 74.1 Å². The first-order chi connectivity index (χ1) is 12.1. The van der Waals surface area contributed by atoms with Crippen molar-refractivity contribution in [2.45, 2.75) is 4.90 Å². The van der Waals surface area contributed by atoms with Crippen LogP contribution in [0.5, 0.6) is 0 Å². The van der Waals surface area contributed by atoms with Gasteiger partial charge in [0.05, 0.1) is 48.9 Å². The van der Waals surface area contributed by atoms with E-state index in [0.29, 0.717) is 63.6 Å². The quantitative estimate of drug-likeness (QED) is 0.759. The number of nitrogens with zero attached hydrogens (tertiary/aromatic N) is 4. The van der Waals surface area contributed by atoms with Crippen LogP contribution in [0.15, 0.2) is 11.0 Å². The average molecular weight is 405 g/mol. The Bertz CT molecular complexity index is 876. The van der Waals surface area contributed by atoms with Gasteiger partial charge in [-0.25, -0.2) is 8.42 Å². The van der Waals surface area contributed by atoms with Gasteiger partial charge in [-0.3, -0.25) is 0 Å². The average Bonchev–Trinajstić information content (AvgIpc) is 3.11. The second-order valence-corrected chi connectivity index (χ2v) is 8.59. The van der Waals surface area contributed by atoms with Gasteiger partial charge in [0.1, 0.15) is 15.9 Å². The Kier molecular flexibility index (Phi) is 4.82. The Morgan fingerprint density at radius 1 is 1.00 bits per heavy atom. The largest absolute Gasteiger partial charge is 0.379 e. The number of anilines is 1. The standard InChI is InChI=1S/C14H17ClN4O4S2/c15-10-9-11(18-1-5-22-6-2-18)12-13(17-24-16-12)14(10)25(20,21)19-3-7-23-8-4-19/h9H,1-8H2. The Labute approximate surface area is 154 Å². The SMILES string of the molecule is O=S(=O)(c1c(Cl)cc(N2CCOCC2)c2nsnc12)N1CCOCC1. The zero-order valence-electron chi connectivity index (χ0n) is 13.4. The molecule has 2 aliphatic rings. The van der Waals surface area contributed by atoms with E-state index in [9.17, 15) is 8.42 Å². The van der Waals surface area contributed by atoms with Gasteiger partial charge >= 0.3 is 0 Å². The summed E-state index contributed by atoms with van der Waals surface area (Å²) in [5, 5.41) is 0.174. The van der Waals surface area contributed by atoms with Gasteiger partial charge in [0.2, 0.25) is 10.0 Å². The molecule has 0 amide bonds. The van der Waals surface area contributed by atoms with Crippen molar-refractivity contribution in [2.75, 3.05) is 57.5 Å². The number of hydrogen-bond donors (Lipinski definition) is 0. The first kappa shape index (κ1) is 17.4. The van der Waals surface area contributed by atoms with E-state index in [4.69, 9.17) is 21.1 Å². The fourth-order valence-corrected chi connectivity index (χ4v) is 5.76. The van der Waals surface area contributed by atoms with E-state index in [1.54, 1.807) is 6.07 Å². The molecule has 3 heterocycles. The van der Waals surface area contributed by atoms with E-state index < -0.39 is 10.0 Å². The minimum atomic E-state index is -3.75. The molecule has 25 heavy (non-hydrogen) atoms. The van der Waals surface area contributed by atoms with Crippen molar-refractivity contribution >= 4 is 50.1 Å². The maximum Gasteiger partial charge on any atom is 0.246 e. The lowest BCUT2D eigenvalue weighted by Gasteiger charge is -2.30. The van der Waals surface area contributed by atoms with Crippen molar-refractivity contribution in [1.29, 1.82) is 0 Å². The molecule has 1 aromatic heterocycles. The number of fused-ring (bicyclic) bond motifs is 1. The third-order valence-electron chi connectivity index (χ3n) is 4.35. The number of morpholine rings is 2. The summed E-state index contributed by atoms with van der Waals surface area (Å²) in [4.78, 5) is 2.14. The molecule has 8 nitrogen and oxygen atoms in total. The summed E-state index contributed by atoms with van der Waals surface area (Å²) in [7, 11) is -3.75. The number of ether oxygens (including phenoxy) is 2. The van der Waals surface area contributed by atoms with Crippen LogP contribution < -0.4 is 4.90 Å². The van der Waals surface area contributed by atoms with Crippen LogP contribution in [0.1, 0.15) is 0 Å². The maximum absolute atomic E-state index is 13.1. The highest BCUT2D eigenvalue weighted by Gasteiger charge is 2.33. The lowest BCUT2D eigenvalue weighted by molar-refractivity contribution is 0.0730. The molecule has 0 aliphatic carbocycles. The van der Waals surface area contributed by atoms with Crippen LogP contribution in [0.25, 0.3) is 11.0 Å². The van der Waals surface area contributed by atoms with Gasteiger partial charge in [-0.1, -0.05) is 11.6 Å². The molecule has 136 valence electrons. The summed E-state index contributed by atoms with van der Waals surface area (Å²) < 4.78 is 46.8. The molecule has 0 spiro atoms. The third kappa shape index (κ3) is 3.11.